The molecule has 0 saturated carbocycles. The van der Waals surface area contributed by atoms with Crippen LogP contribution in [0, 0.1) is 0 Å². The predicted octanol–water partition coefficient (Wildman–Crippen LogP) is 4.30. The van der Waals surface area contributed by atoms with Gasteiger partial charge < -0.3 is 5.11 Å². The Balaban J connectivity index is 2.06. The molecule has 0 atom stereocenters. The van der Waals surface area contributed by atoms with E-state index in [9.17, 15) is 5.11 Å². The van der Waals surface area contributed by atoms with Crippen LogP contribution in [0.5, 0.6) is 5.75 Å². The molecule has 2 nitrogen and oxygen atoms in total. The maximum absolute atomic E-state index is 9.59. The minimum absolute atomic E-state index is 0.259. The second-order valence-electron chi connectivity index (χ2n) is 4.35. The number of fused-ring (bicyclic) bond motifs is 1. The highest BCUT2D eigenvalue weighted by Gasteiger charge is 2.00. The van der Waals surface area contributed by atoms with Gasteiger partial charge >= 0.3 is 0 Å². The monoisotopic (exact) mass is 247 g/mol. The van der Waals surface area contributed by atoms with Gasteiger partial charge in [0.2, 0.25) is 0 Å². The van der Waals surface area contributed by atoms with E-state index in [1.54, 1.807) is 12.1 Å². The highest BCUT2D eigenvalue weighted by molar-refractivity contribution is 5.96. The van der Waals surface area contributed by atoms with Crippen LogP contribution in [-0.4, -0.2) is 11.3 Å². The number of phenolic OH excluding ortho intramolecular Hbond substituents is 1. The van der Waals surface area contributed by atoms with Gasteiger partial charge in [-0.05, 0) is 29.1 Å². The molecule has 0 bridgehead atoms. The molecule has 0 fully saturated rings. The fourth-order valence-corrected chi connectivity index (χ4v) is 2.04. The van der Waals surface area contributed by atoms with Crippen LogP contribution in [0.2, 0.25) is 0 Å². The quantitative estimate of drug-likeness (QED) is 0.673. The van der Waals surface area contributed by atoms with Crippen LogP contribution in [-0.2, 0) is 0 Å². The number of aliphatic imine (C=N–C) groups is 1. The Kier molecular flexibility index (Phi) is 2.99. The molecule has 3 aromatic carbocycles. The van der Waals surface area contributed by atoms with E-state index in [1.807, 2.05) is 60.8 Å². The van der Waals surface area contributed by atoms with Gasteiger partial charge in [0.05, 0.1) is 5.69 Å². The molecule has 0 amide bonds. The number of benzene rings is 3. The Morgan fingerprint density at radius 2 is 1.68 bits per heavy atom. The molecule has 0 aliphatic carbocycles. The molecule has 0 aromatic heterocycles. The van der Waals surface area contributed by atoms with E-state index in [1.165, 1.54) is 0 Å². The van der Waals surface area contributed by atoms with Crippen molar-refractivity contribution < 1.29 is 5.11 Å². The molecular formula is C17H13NO. The van der Waals surface area contributed by atoms with E-state index >= 15 is 0 Å². The normalized spacial score (nSPS) is 11.2. The van der Waals surface area contributed by atoms with Gasteiger partial charge in [-0.2, -0.15) is 0 Å². The van der Waals surface area contributed by atoms with Gasteiger partial charge in [-0.25, -0.2) is 0 Å². The van der Waals surface area contributed by atoms with Crippen LogP contribution < -0.4 is 0 Å². The van der Waals surface area contributed by atoms with Crippen LogP contribution in [0.4, 0.5) is 5.69 Å². The van der Waals surface area contributed by atoms with Crippen molar-refractivity contribution in [2.75, 3.05) is 0 Å². The van der Waals surface area contributed by atoms with Crippen molar-refractivity contribution in [3.8, 4) is 5.75 Å². The first kappa shape index (κ1) is 11.5. The molecule has 0 aliphatic heterocycles. The van der Waals surface area contributed by atoms with Crippen molar-refractivity contribution in [2.45, 2.75) is 0 Å². The third-order valence-corrected chi connectivity index (χ3v) is 2.99. The summed E-state index contributed by atoms with van der Waals surface area (Å²) >= 11 is 0. The van der Waals surface area contributed by atoms with Gasteiger partial charge in [0.15, 0.2) is 0 Å². The van der Waals surface area contributed by atoms with Crippen LogP contribution in [0.15, 0.2) is 71.7 Å². The maximum atomic E-state index is 9.59. The van der Waals surface area contributed by atoms with Gasteiger partial charge in [0, 0.05) is 11.6 Å². The first-order valence-corrected chi connectivity index (χ1v) is 6.14. The zero-order valence-electron chi connectivity index (χ0n) is 10.3. The molecule has 0 spiro atoms. The van der Waals surface area contributed by atoms with E-state index in [2.05, 4.69) is 4.99 Å². The van der Waals surface area contributed by atoms with Gasteiger partial charge in [-0.15, -0.1) is 0 Å². The number of aromatic hydroxyl groups is 1. The van der Waals surface area contributed by atoms with Gasteiger partial charge in [0.1, 0.15) is 5.75 Å². The SMILES string of the molecule is Oc1ccc2cccc(/N=C/c3ccccc3)c2c1. The molecule has 19 heavy (non-hydrogen) atoms. The van der Waals surface area contributed by atoms with E-state index in [0.29, 0.717) is 0 Å². The molecular weight excluding hydrogens is 234 g/mol. The van der Waals surface area contributed by atoms with Crippen molar-refractivity contribution in [2.24, 2.45) is 4.99 Å². The average molecular weight is 247 g/mol. The summed E-state index contributed by atoms with van der Waals surface area (Å²) in [6, 6.07) is 21.2. The Hall–Kier alpha value is -2.61. The molecule has 3 rings (SSSR count). The summed E-state index contributed by atoms with van der Waals surface area (Å²) in [5, 5.41) is 11.6. The summed E-state index contributed by atoms with van der Waals surface area (Å²) in [4.78, 5) is 4.51. The molecule has 0 heterocycles. The third kappa shape index (κ3) is 2.47. The predicted molar refractivity (Wildman–Crippen MR) is 79.3 cm³/mol. The molecule has 3 aromatic rings. The van der Waals surface area contributed by atoms with Crippen LogP contribution in [0.3, 0.4) is 0 Å². The van der Waals surface area contributed by atoms with Crippen molar-refractivity contribution in [1.82, 2.24) is 0 Å². The van der Waals surface area contributed by atoms with Gasteiger partial charge in [-0.1, -0.05) is 48.5 Å². The van der Waals surface area contributed by atoms with E-state index in [4.69, 9.17) is 0 Å². The molecule has 2 heteroatoms. The number of hydrogen-bond donors (Lipinski definition) is 1. The van der Waals surface area contributed by atoms with Crippen molar-refractivity contribution in [1.29, 1.82) is 0 Å². The molecule has 0 saturated heterocycles. The Morgan fingerprint density at radius 3 is 2.53 bits per heavy atom. The lowest BCUT2D eigenvalue weighted by Gasteiger charge is -2.02. The fourth-order valence-electron chi connectivity index (χ4n) is 2.04. The largest absolute Gasteiger partial charge is 0.508 e. The van der Waals surface area contributed by atoms with Crippen molar-refractivity contribution >= 4 is 22.7 Å². The number of nitrogens with zero attached hydrogens (tertiary/aromatic N) is 1. The summed E-state index contributed by atoms with van der Waals surface area (Å²) in [7, 11) is 0. The number of hydrogen-bond acceptors (Lipinski definition) is 2. The number of rotatable bonds is 2. The lowest BCUT2D eigenvalue weighted by molar-refractivity contribution is 0.476. The topological polar surface area (TPSA) is 32.6 Å². The molecule has 0 radical (unpaired) electrons. The van der Waals surface area contributed by atoms with Gasteiger partial charge in [-0.3, -0.25) is 4.99 Å². The zero-order chi connectivity index (χ0) is 13.1. The zero-order valence-corrected chi connectivity index (χ0v) is 10.3. The lowest BCUT2D eigenvalue weighted by Crippen LogP contribution is -1.79. The minimum Gasteiger partial charge on any atom is -0.508 e. The van der Waals surface area contributed by atoms with Crippen LogP contribution in [0.25, 0.3) is 10.8 Å². The summed E-state index contributed by atoms with van der Waals surface area (Å²) in [6.45, 7) is 0. The average Bonchev–Trinajstić information content (AvgIpc) is 2.46. The standard InChI is InChI=1S/C17H13NO/c19-15-10-9-14-7-4-8-17(16(14)11-15)18-12-13-5-2-1-3-6-13/h1-12,19H/b18-12+. The minimum atomic E-state index is 0.259. The molecule has 1 N–H and O–H groups in total. The second kappa shape index (κ2) is 4.94. The number of phenols is 1. The van der Waals surface area contributed by atoms with Gasteiger partial charge in [0.25, 0.3) is 0 Å². The lowest BCUT2D eigenvalue weighted by atomic mass is 10.1. The van der Waals surface area contributed by atoms with E-state index in [0.717, 1.165) is 22.0 Å². The molecule has 0 unspecified atom stereocenters. The Bertz CT molecular complexity index is 733. The highest BCUT2D eigenvalue weighted by Crippen LogP contribution is 2.28. The Morgan fingerprint density at radius 1 is 0.842 bits per heavy atom. The summed E-state index contributed by atoms with van der Waals surface area (Å²) in [5.74, 6) is 0.259. The molecule has 0 aliphatic rings. The second-order valence-corrected chi connectivity index (χ2v) is 4.35. The van der Waals surface area contributed by atoms with Crippen molar-refractivity contribution in [3.63, 3.8) is 0 Å². The fraction of sp³-hybridized carbons (Fsp3) is 0. The van der Waals surface area contributed by atoms with Crippen LogP contribution in [0.1, 0.15) is 5.56 Å². The van der Waals surface area contributed by atoms with E-state index < -0.39 is 0 Å². The third-order valence-electron chi connectivity index (χ3n) is 2.99. The summed E-state index contributed by atoms with van der Waals surface area (Å²) in [5.41, 5.74) is 1.91. The van der Waals surface area contributed by atoms with E-state index in [-0.39, 0.29) is 5.75 Å². The van der Waals surface area contributed by atoms with Crippen LogP contribution >= 0.6 is 0 Å². The molecule has 92 valence electrons. The maximum Gasteiger partial charge on any atom is 0.116 e. The highest BCUT2D eigenvalue weighted by atomic mass is 16.3. The first-order valence-electron chi connectivity index (χ1n) is 6.14. The summed E-state index contributed by atoms with van der Waals surface area (Å²) < 4.78 is 0. The first-order chi connectivity index (χ1) is 9.33. The van der Waals surface area contributed by atoms with Crippen molar-refractivity contribution in [3.05, 3.63) is 72.3 Å². The summed E-state index contributed by atoms with van der Waals surface area (Å²) in [6.07, 6.45) is 1.83. The smallest absolute Gasteiger partial charge is 0.116 e. The Labute approximate surface area is 111 Å².